The highest BCUT2D eigenvalue weighted by Crippen LogP contribution is 2.32. The molecule has 0 amide bonds. The average Bonchev–Trinajstić information content (AvgIpc) is 2.98. The standard InChI is InChI=1S/C18H16ClF4N5/c19-10-1-2-12(25-7-10)8-28-14-6-11(20)5-13(21)16(14)26-17(28)27-4-3-18(22,23)15(24)9-27/h1-2,5-7,15H,3-4,8-9,24H2. The monoisotopic (exact) mass is 413 g/mol. The van der Waals surface area contributed by atoms with Crippen LogP contribution in [-0.2, 0) is 6.54 Å². The van der Waals surface area contributed by atoms with Crippen LogP contribution in [0.1, 0.15) is 12.1 Å². The Morgan fingerprint density at radius 2 is 2.04 bits per heavy atom. The summed E-state index contributed by atoms with van der Waals surface area (Å²) in [5, 5.41) is 0.445. The van der Waals surface area contributed by atoms with E-state index >= 15 is 0 Å². The molecule has 0 radical (unpaired) electrons. The zero-order valence-corrected chi connectivity index (χ0v) is 15.3. The van der Waals surface area contributed by atoms with E-state index in [1.54, 1.807) is 21.6 Å². The molecule has 3 heterocycles. The highest BCUT2D eigenvalue weighted by atomic mass is 35.5. The number of fused-ring (bicyclic) bond motifs is 1. The van der Waals surface area contributed by atoms with E-state index in [0.29, 0.717) is 10.7 Å². The summed E-state index contributed by atoms with van der Waals surface area (Å²) in [4.78, 5) is 10.0. The number of imidazole rings is 1. The lowest BCUT2D eigenvalue weighted by Crippen LogP contribution is -2.55. The topological polar surface area (TPSA) is 60.0 Å². The number of pyridine rings is 1. The van der Waals surface area contributed by atoms with Crippen LogP contribution >= 0.6 is 11.6 Å². The molecule has 1 unspecified atom stereocenters. The minimum atomic E-state index is -2.98. The van der Waals surface area contributed by atoms with Gasteiger partial charge in [0.1, 0.15) is 11.3 Å². The van der Waals surface area contributed by atoms with E-state index in [-0.39, 0.29) is 36.6 Å². The number of benzene rings is 1. The van der Waals surface area contributed by atoms with Crippen LogP contribution in [0.25, 0.3) is 11.0 Å². The molecule has 5 nitrogen and oxygen atoms in total. The molecule has 1 atom stereocenters. The number of hydrogen-bond donors (Lipinski definition) is 1. The summed E-state index contributed by atoms with van der Waals surface area (Å²) in [6.07, 6.45) is 1.00. The van der Waals surface area contributed by atoms with Gasteiger partial charge in [-0.1, -0.05) is 11.6 Å². The third-order valence-electron chi connectivity index (χ3n) is 4.82. The number of anilines is 1. The van der Waals surface area contributed by atoms with E-state index < -0.39 is 30.0 Å². The van der Waals surface area contributed by atoms with E-state index in [4.69, 9.17) is 17.3 Å². The largest absolute Gasteiger partial charge is 0.340 e. The fraction of sp³-hybridized carbons (Fsp3) is 0.333. The minimum Gasteiger partial charge on any atom is -0.340 e. The number of halogens is 5. The maximum absolute atomic E-state index is 14.3. The van der Waals surface area contributed by atoms with Gasteiger partial charge in [-0.25, -0.2) is 22.5 Å². The van der Waals surface area contributed by atoms with Crippen LogP contribution in [0.5, 0.6) is 0 Å². The summed E-state index contributed by atoms with van der Waals surface area (Å²) < 4.78 is 57.2. The van der Waals surface area contributed by atoms with Crippen molar-refractivity contribution in [2.24, 2.45) is 5.73 Å². The van der Waals surface area contributed by atoms with Crippen LogP contribution in [0, 0.1) is 11.6 Å². The fourth-order valence-electron chi connectivity index (χ4n) is 3.31. The minimum absolute atomic E-state index is 0.0117. The van der Waals surface area contributed by atoms with Crippen molar-refractivity contribution in [3.05, 3.63) is 52.8 Å². The van der Waals surface area contributed by atoms with Crippen molar-refractivity contribution in [2.75, 3.05) is 18.0 Å². The lowest BCUT2D eigenvalue weighted by Gasteiger charge is -2.37. The molecule has 1 aromatic carbocycles. The Hall–Kier alpha value is -2.39. The summed E-state index contributed by atoms with van der Waals surface area (Å²) >= 11 is 5.85. The first-order valence-electron chi connectivity index (χ1n) is 8.58. The van der Waals surface area contributed by atoms with E-state index in [0.717, 1.165) is 12.1 Å². The Bertz CT molecular complexity index is 1020. The molecule has 148 valence electrons. The van der Waals surface area contributed by atoms with Gasteiger partial charge in [0.05, 0.1) is 28.8 Å². The molecular formula is C18H16ClF4N5. The predicted octanol–water partition coefficient (Wildman–Crippen LogP) is 3.58. The van der Waals surface area contributed by atoms with Gasteiger partial charge in [-0.3, -0.25) is 4.98 Å². The second-order valence-corrected chi connectivity index (χ2v) is 7.22. The third-order valence-corrected chi connectivity index (χ3v) is 5.04. The first-order valence-corrected chi connectivity index (χ1v) is 8.96. The van der Waals surface area contributed by atoms with E-state index in [1.807, 2.05) is 0 Å². The van der Waals surface area contributed by atoms with Gasteiger partial charge in [-0.15, -0.1) is 0 Å². The number of rotatable bonds is 3. The van der Waals surface area contributed by atoms with Crippen molar-refractivity contribution in [3.63, 3.8) is 0 Å². The molecule has 1 aliphatic rings. The number of nitrogens with two attached hydrogens (primary N) is 1. The zero-order valence-electron chi connectivity index (χ0n) is 14.5. The SMILES string of the molecule is NC1CN(c2nc3c(F)cc(F)cc3n2Cc2ccc(Cl)cn2)CCC1(F)F. The molecule has 0 spiro atoms. The van der Waals surface area contributed by atoms with Crippen molar-refractivity contribution >= 4 is 28.6 Å². The fourth-order valence-corrected chi connectivity index (χ4v) is 3.42. The van der Waals surface area contributed by atoms with Crippen molar-refractivity contribution < 1.29 is 17.6 Å². The predicted molar refractivity (Wildman–Crippen MR) is 97.8 cm³/mol. The average molecular weight is 414 g/mol. The Morgan fingerprint density at radius 3 is 2.71 bits per heavy atom. The number of piperidine rings is 1. The number of hydrogen-bond acceptors (Lipinski definition) is 4. The normalized spacial score (nSPS) is 19.4. The molecule has 1 saturated heterocycles. The Kier molecular flexibility index (Phi) is 4.67. The van der Waals surface area contributed by atoms with E-state index in [9.17, 15) is 17.6 Å². The zero-order chi connectivity index (χ0) is 20.1. The molecule has 28 heavy (non-hydrogen) atoms. The van der Waals surface area contributed by atoms with Gasteiger partial charge in [0, 0.05) is 37.8 Å². The molecule has 2 aromatic heterocycles. The van der Waals surface area contributed by atoms with Crippen molar-refractivity contribution in [3.8, 4) is 0 Å². The van der Waals surface area contributed by atoms with Gasteiger partial charge >= 0.3 is 0 Å². The Labute approximate surface area is 162 Å². The van der Waals surface area contributed by atoms with Crippen molar-refractivity contribution in [1.82, 2.24) is 14.5 Å². The highest BCUT2D eigenvalue weighted by molar-refractivity contribution is 6.30. The lowest BCUT2D eigenvalue weighted by molar-refractivity contribution is -0.0395. The van der Waals surface area contributed by atoms with Gasteiger partial charge in [-0.05, 0) is 12.1 Å². The number of aromatic nitrogens is 3. The molecule has 3 aromatic rings. The molecule has 0 saturated carbocycles. The number of alkyl halides is 2. The van der Waals surface area contributed by atoms with Crippen LogP contribution in [0.2, 0.25) is 5.02 Å². The van der Waals surface area contributed by atoms with Gasteiger partial charge in [-0.2, -0.15) is 0 Å². The quantitative estimate of drug-likeness (QED) is 0.667. The van der Waals surface area contributed by atoms with Crippen LogP contribution < -0.4 is 10.6 Å². The summed E-state index contributed by atoms with van der Waals surface area (Å²) in [6.45, 7) is -0.0370. The van der Waals surface area contributed by atoms with Crippen LogP contribution in [-0.4, -0.2) is 39.6 Å². The Balaban J connectivity index is 1.81. The smallest absolute Gasteiger partial charge is 0.266 e. The molecule has 0 aliphatic carbocycles. The molecular weight excluding hydrogens is 398 g/mol. The molecule has 1 aliphatic heterocycles. The van der Waals surface area contributed by atoms with Crippen LogP contribution in [0.15, 0.2) is 30.5 Å². The Morgan fingerprint density at radius 1 is 1.25 bits per heavy atom. The number of nitrogens with zero attached hydrogens (tertiary/aromatic N) is 4. The second-order valence-electron chi connectivity index (χ2n) is 6.78. The first-order chi connectivity index (χ1) is 13.2. The summed E-state index contributed by atoms with van der Waals surface area (Å²) in [6, 6.07) is 3.82. The van der Waals surface area contributed by atoms with Gasteiger partial charge in [0.15, 0.2) is 5.82 Å². The van der Waals surface area contributed by atoms with E-state index in [2.05, 4.69) is 9.97 Å². The van der Waals surface area contributed by atoms with Gasteiger partial charge < -0.3 is 15.2 Å². The van der Waals surface area contributed by atoms with Crippen LogP contribution in [0.4, 0.5) is 23.5 Å². The second kappa shape index (κ2) is 6.89. The molecule has 4 rings (SSSR count). The maximum Gasteiger partial charge on any atom is 0.266 e. The maximum atomic E-state index is 14.3. The van der Waals surface area contributed by atoms with E-state index in [1.165, 1.54) is 6.20 Å². The third kappa shape index (κ3) is 3.40. The summed E-state index contributed by atoms with van der Waals surface area (Å²) in [5.74, 6) is -4.33. The molecule has 1 fully saturated rings. The first kappa shape index (κ1) is 18.9. The lowest BCUT2D eigenvalue weighted by atomic mass is 10.0. The molecule has 0 bridgehead atoms. The molecule has 2 N–H and O–H groups in total. The van der Waals surface area contributed by atoms with Crippen molar-refractivity contribution in [2.45, 2.75) is 24.9 Å². The van der Waals surface area contributed by atoms with Crippen molar-refractivity contribution in [1.29, 1.82) is 0 Å². The summed E-state index contributed by atoms with van der Waals surface area (Å²) in [5.41, 5.74) is 6.35. The summed E-state index contributed by atoms with van der Waals surface area (Å²) in [7, 11) is 0. The molecule has 10 heteroatoms. The van der Waals surface area contributed by atoms with Gasteiger partial charge in [0.25, 0.3) is 5.92 Å². The van der Waals surface area contributed by atoms with Crippen LogP contribution in [0.3, 0.4) is 0 Å². The highest BCUT2D eigenvalue weighted by Gasteiger charge is 2.42. The van der Waals surface area contributed by atoms with Gasteiger partial charge in [0.2, 0.25) is 5.95 Å².